The zero-order chi connectivity index (χ0) is 17.4. The van der Waals surface area contributed by atoms with Gasteiger partial charge in [-0.05, 0) is 6.42 Å². The molecule has 3 unspecified atom stereocenters. The molecule has 0 aromatic heterocycles. The van der Waals surface area contributed by atoms with Crippen LogP contribution in [0.25, 0.3) is 0 Å². The second kappa shape index (κ2) is 7.28. The van der Waals surface area contributed by atoms with E-state index in [1.54, 1.807) is 13.8 Å². The van der Waals surface area contributed by atoms with Crippen molar-refractivity contribution in [3.63, 3.8) is 0 Å². The molecule has 0 bridgehead atoms. The summed E-state index contributed by atoms with van der Waals surface area (Å²) >= 11 is 0. The standard InChI is InChI=1S/C15H28O8/c1-4-8-11(18)13(20)15(5-2,22-8)23-14-12(19)10(17)7(3)9(6-16)21-14/h7-14,16-20H,4-6H2,1-3H3/t7-,8+,9?,10?,11-,12-,13?,14-,15-/m0/s1. The molecule has 0 spiro atoms. The molecule has 2 aliphatic heterocycles. The summed E-state index contributed by atoms with van der Waals surface area (Å²) in [5.41, 5.74) is 0. The number of aliphatic hydroxyl groups excluding tert-OH is 5. The molecule has 2 aliphatic rings. The highest BCUT2D eigenvalue weighted by Gasteiger charge is 2.56. The Morgan fingerprint density at radius 2 is 1.65 bits per heavy atom. The van der Waals surface area contributed by atoms with E-state index in [4.69, 9.17) is 14.2 Å². The minimum Gasteiger partial charge on any atom is -0.394 e. The van der Waals surface area contributed by atoms with Crippen molar-refractivity contribution in [2.45, 2.75) is 82.3 Å². The fraction of sp³-hybridized carbons (Fsp3) is 1.00. The molecule has 0 aromatic rings. The predicted molar refractivity (Wildman–Crippen MR) is 78.2 cm³/mol. The van der Waals surface area contributed by atoms with Gasteiger partial charge in [0.2, 0.25) is 0 Å². The minimum atomic E-state index is -1.54. The number of ether oxygens (including phenoxy) is 3. The molecule has 2 fully saturated rings. The third-order valence-corrected chi connectivity index (χ3v) is 4.96. The summed E-state index contributed by atoms with van der Waals surface area (Å²) in [4.78, 5) is 0. The first-order valence-electron chi connectivity index (χ1n) is 8.15. The Kier molecular flexibility index (Phi) is 6.02. The molecule has 2 saturated heterocycles. The summed E-state index contributed by atoms with van der Waals surface area (Å²) in [6.45, 7) is 4.84. The predicted octanol–water partition coefficient (Wildman–Crippen LogP) is -1.28. The Hall–Kier alpha value is -0.320. The van der Waals surface area contributed by atoms with Gasteiger partial charge in [-0.25, -0.2) is 0 Å². The van der Waals surface area contributed by atoms with E-state index >= 15 is 0 Å². The summed E-state index contributed by atoms with van der Waals surface area (Å²) in [6.07, 6.45) is -6.82. The van der Waals surface area contributed by atoms with E-state index in [2.05, 4.69) is 0 Å². The van der Waals surface area contributed by atoms with Gasteiger partial charge in [-0.1, -0.05) is 20.8 Å². The van der Waals surface area contributed by atoms with Gasteiger partial charge in [0, 0.05) is 12.3 Å². The van der Waals surface area contributed by atoms with Gasteiger partial charge in [-0.2, -0.15) is 0 Å². The average Bonchev–Trinajstić information content (AvgIpc) is 2.80. The molecule has 9 atom stereocenters. The van der Waals surface area contributed by atoms with Crippen LogP contribution in [0.4, 0.5) is 0 Å². The highest BCUT2D eigenvalue weighted by atomic mass is 16.8. The molecular formula is C15H28O8. The molecule has 0 radical (unpaired) electrons. The van der Waals surface area contributed by atoms with Gasteiger partial charge in [-0.3, -0.25) is 0 Å². The Morgan fingerprint density at radius 3 is 2.13 bits per heavy atom. The first-order chi connectivity index (χ1) is 10.8. The van der Waals surface area contributed by atoms with Crippen molar-refractivity contribution >= 4 is 0 Å². The molecule has 5 N–H and O–H groups in total. The maximum Gasteiger partial charge on any atom is 0.200 e. The molecule has 8 nitrogen and oxygen atoms in total. The van der Waals surface area contributed by atoms with Crippen LogP contribution in [0.2, 0.25) is 0 Å². The molecule has 2 heterocycles. The molecule has 0 amide bonds. The van der Waals surface area contributed by atoms with Crippen LogP contribution in [0.3, 0.4) is 0 Å². The molecular weight excluding hydrogens is 308 g/mol. The Labute approximate surface area is 135 Å². The third kappa shape index (κ3) is 3.27. The maximum absolute atomic E-state index is 10.3. The third-order valence-electron chi connectivity index (χ3n) is 4.96. The summed E-state index contributed by atoms with van der Waals surface area (Å²) in [5.74, 6) is -2.01. The van der Waals surface area contributed by atoms with Gasteiger partial charge in [0.1, 0.15) is 18.3 Å². The summed E-state index contributed by atoms with van der Waals surface area (Å²) in [6, 6.07) is 0. The van der Waals surface area contributed by atoms with Crippen LogP contribution in [-0.2, 0) is 14.2 Å². The lowest BCUT2D eigenvalue weighted by Gasteiger charge is -2.44. The second-order valence-electron chi connectivity index (χ2n) is 6.35. The maximum atomic E-state index is 10.3. The van der Waals surface area contributed by atoms with Gasteiger partial charge in [0.15, 0.2) is 12.1 Å². The largest absolute Gasteiger partial charge is 0.394 e. The first-order valence-corrected chi connectivity index (χ1v) is 8.15. The fourth-order valence-electron chi connectivity index (χ4n) is 3.23. The Morgan fingerprint density at radius 1 is 1.00 bits per heavy atom. The highest BCUT2D eigenvalue weighted by Crippen LogP contribution is 2.39. The van der Waals surface area contributed by atoms with Crippen LogP contribution < -0.4 is 0 Å². The number of aliphatic hydroxyl groups is 5. The topological polar surface area (TPSA) is 129 Å². The van der Waals surface area contributed by atoms with E-state index in [1.807, 2.05) is 6.92 Å². The van der Waals surface area contributed by atoms with Crippen LogP contribution in [0.15, 0.2) is 0 Å². The number of rotatable bonds is 5. The van der Waals surface area contributed by atoms with Crippen LogP contribution in [0, 0.1) is 5.92 Å². The molecule has 8 heteroatoms. The van der Waals surface area contributed by atoms with Crippen LogP contribution in [-0.4, -0.2) is 80.8 Å². The number of hydrogen-bond donors (Lipinski definition) is 5. The molecule has 0 aromatic carbocycles. The van der Waals surface area contributed by atoms with Gasteiger partial charge >= 0.3 is 0 Å². The second-order valence-corrected chi connectivity index (χ2v) is 6.35. The van der Waals surface area contributed by atoms with Crippen molar-refractivity contribution in [3.05, 3.63) is 0 Å². The molecule has 136 valence electrons. The minimum absolute atomic E-state index is 0.212. The molecule has 0 aliphatic carbocycles. The van der Waals surface area contributed by atoms with Gasteiger partial charge in [0.25, 0.3) is 0 Å². The summed E-state index contributed by atoms with van der Waals surface area (Å²) < 4.78 is 16.9. The van der Waals surface area contributed by atoms with E-state index in [9.17, 15) is 25.5 Å². The zero-order valence-corrected chi connectivity index (χ0v) is 13.7. The van der Waals surface area contributed by atoms with Gasteiger partial charge in [-0.15, -0.1) is 0 Å². The first kappa shape index (κ1) is 19.0. The molecule has 2 rings (SSSR count). The van der Waals surface area contributed by atoms with Gasteiger partial charge < -0.3 is 39.7 Å². The monoisotopic (exact) mass is 336 g/mol. The van der Waals surface area contributed by atoms with E-state index in [-0.39, 0.29) is 13.0 Å². The average molecular weight is 336 g/mol. The SMILES string of the molecule is CC[C@H]1O[C@@](CC)(O[C@@H]2OC(CO)[C@H](C)C(O)[C@@H]2O)C(O)[C@H]1O. The Bertz CT molecular complexity index is 392. The smallest absolute Gasteiger partial charge is 0.200 e. The zero-order valence-electron chi connectivity index (χ0n) is 13.7. The van der Waals surface area contributed by atoms with Crippen molar-refractivity contribution < 1.29 is 39.7 Å². The van der Waals surface area contributed by atoms with Crippen molar-refractivity contribution in [1.29, 1.82) is 0 Å². The quantitative estimate of drug-likeness (QED) is 0.420. The molecule has 0 saturated carbocycles. The molecule has 23 heavy (non-hydrogen) atoms. The highest BCUT2D eigenvalue weighted by molar-refractivity contribution is 4.97. The lowest BCUT2D eigenvalue weighted by atomic mass is 9.91. The van der Waals surface area contributed by atoms with E-state index in [1.165, 1.54) is 0 Å². The normalized spacial score (nSPS) is 51.1. The summed E-state index contributed by atoms with van der Waals surface area (Å²) in [7, 11) is 0. The van der Waals surface area contributed by atoms with E-state index in [0.29, 0.717) is 6.42 Å². The Balaban J connectivity index is 2.18. The van der Waals surface area contributed by atoms with E-state index in [0.717, 1.165) is 0 Å². The fourth-order valence-corrected chi connectivity index (χ4v) is 3.23. The van der Waals surface area contributed by atoms with Crippen LogP contribution in [0.5, 0.6) is 0 Å². The van der Waals surface area contributed by atoms with Gasteiger partial charge in [0.05, 0.1) is 24.9 Å². The lowest BCUT2D eigenvalue weighted by Crippen LogP contribution is -2.59. The van der Waals surface area contributed by atoms with Crippen molar-refractivity contribution in [2.75, 3.05) is 6.61 Å². The van der Waals surface area contributed by atoms with Crippen LogP contribution >= 0.6 is 0 Å². The van der Waals surface area contributed by atoms with Crippen LogP contribution in [0.1, 0.15) is 33.6 Å². The van der Waals surface area contributed by atoms with Crippen molar-refractivity contribution in [3.8, 4) is 0 Å². The number of hydrogen-bond acceptors (Lipinski definition) is 8. The van der Waals surface area contributed by atoms with E-state index < -0.39 is 54.6 Å². The van der Waals surface area contributed by atoms with Crippen molar-refractivity contribution in [2.24, 2.45) is 5.92 Å². The summed E-state index contributed by atoms with van der Waals surface area (Å²) in [5, 5.41) is 50.0. The lowest BCUT2D eigenvalue weighted by molar-refractivity contribution is -0.373. The van der Waals surface area contributed by atoms with Crippen molar-refractivity contribution in [1.82, 2.24) is 0 Å².